The summed E-state index contributed by atoms with van der Waals surface area (Å²) in [6.45, 7) is 2.10. The van der Waals surface area contributed by atoms with Crippen molar-refractivity contribution in [3.05, 3.63) is 21.9 Å². The van der Waals surface area contributed by atoms with Crippen LogP contribution in [0.5, 0.6) is 0 Å². The molecule has 1 saturated carbocycles. The minimum atomic E-state index is -0.348. The van der Waals surface area contributed by atoms with E-state index in [9.17, 15) is 4.79 Å². The predicted octanol–water partition coefficient (Wildman–Crippen LogP) is 2.66. The Kier molecular flexibility index (Phi) is 3.54. The fourth-order valence-electron chi connectivity index (χ4n) is 2.71. The Morgan fingerprint density at radius 1 is 1.59 bits per heavy atom. The van der Waals surface area contributed by atoms with Crippen molar-refractivity contribution >= 4 is 17.3 Å². The van der Waals surface area contributed by atoms with Gasteiger partial charge in [0.25, 0.3) is 0 Å². The molecule has 1 atom stereocenters. The van der Waals surface area contributed by atoms with Gasteiger partial charge in [-0.05, 0) is 43.8 Å². The molecule has 0 bridgehead atoms. The molecule has 1 aromatic rings. The van der Waals surface area contributed by atoms with Gasteiger partial charge in [0.15, 0.2) is 0 Å². The molecule has 1 fully saturated rings. The summed E-state index contributed by atoms with van der Waals surface area (Å²) in [6.07, 6.45) is 2.95. The lowest BCUT2D eigenvalue weighted by Crippen LogP contribution is -2.48. The van der Waals surface area contributed by atoms with Gasteiger partial charge in [-0.3, -0.25) is 4.79 Å². The van der Waals surface area contributed by atoms with Crippen molar-refractivity contribution in [2.75, 3.05) is 14.2 Å². The van der Waals surface area contributed by atoms with Crippen LogP contribution >= 0.6 is 11.3 Å². The number of carbonyl (C=O) groups is 1. The molecule has 0 aliphatic heterocycles. The zero-order valence-electron chi connectivity index (χ0n) is 10.6. The Balaban J connectivity index is 2.35. The maximum atomic E-state index is 12.1. The third kappa shape index (κ3) is 1.89. The second kappa shape index (κ2) is 4.78. The van der Waals surface area contributed by atoms with E-state index >= 15 is 0 Å². The zero-order chi connectivity index (χ0) is 12.5. The van der Waals surface area contributed by atoms with Crippen molar-refractivity contribution in [2.45, 2.75) is 32.2 Å². The number of ether oxygens (including phenoxy) is 1. The van der Waals surface area contributed by atoms with Gasteiger partial charge in [0.05, 0.1) is 18.6 Å². The summed E-state index contributed by atoms with van der Waals surface area (Å²) >= 11 is 1.72. The summed E-state index contributed by atoms with van der Waals surface area (Å²) in [6, 6.07) is 2.19. The lowest BCUT2D eigenvalue weighted by atomic mass is 9.63. The molecule has 1 aromatic heterocycles. The van der Waals surface area contributed by atoms with E-state index in [-0.39, 0.29) is 17.4 Å². The van der Waals surface area contributed by atoms with Crippen LogP contribution in [0.2, 0.25) is 0 Å². The average molecular weight is 253 g/mol. The van der Waals surface area contributed by atoms with Gasteiger partial charge in [0.1, 0.15) is 0 Å². The number of methoxy groups -OCH3 is 1. The third-order valence-electron chi connectivity index (χ3n) is 3.84. The second-order valence-corrected chi connectivity index (χ2v) is 5.64. The smallest absolute Gasteiger partial charge is 0.313 e. The largest absolute Gasteiger partial charge is 0.469 e. The summed E-state index contributed by atoms with van der Waals surface area (Å²) in [5.74, 6) is -0.0732. The number of hydrogen-bond acceptors (Lipinski definition) is 4. The standard InChI is InChI=1S/C13H19NO2S/c1-9-5-8-17-10(9)11(14-2)13(6-4-7-13)12(15)16-3/h5,8,11,14H,4,6-7H2,1-3H3. The quantitative estimate of drug-likeness (QED) is 0.838. The van der Waals surface area contributed by atoms with Gasteiger partial charge < -0.3 is 10.1 Å². The normalized spacial score (nSPS) is 19.5. The average Bonchev–Trinajstić information content (AvgIpc) is 2.68. The lowest BCUT2D eigenvalue weighted by Gasteiger charge is -2.44. The highest BCUT2D eigenvalue weighted by Crippen LogP contribution is 2.52. The van der Waals surface area contributed by atoms with Crippen molar-refractivity contribution in [3.63, 3.8) is 0 Å². The van der Waals surface area contributed by atoms with Crippen LogP contribution in [-0.2, 0) is 9.53 Å². The molecule has 4 heteroatoms. The summed E-state index contributed by atoms with van der Waals surface area (Å²) < 4.78 is 5.00. The van der Waals surface area contributed by atoms with Crippen LogP contribution in [0, 0.1) is 12.3 Å². The number of nitrogens with one attached hydrogen (secondary N) is 1. The van der Waals surface area contributed by atoms with E-state index in [0.29, 0.717) is 0 Å². The maximum absolute atomic E-state index is 12.1. The van der Waals surface area contributed by atoms with Crippen molar-refractivity contribution < 1.29 is 9.53 Å². The number of aryl methyl sites for hydroxylation is 1. The molecule has 2 rings (SSSR count). The minimum absolute atomic E-state index is 0.0732. The fraction of sp³-hybridized carbons (Fsp3) is 0.615. The van der Waals surface area contributed by atoms with Crippen LogP contribution in [-0.4, -0.2) is 20.1 Å². The third-order valence-corrected chi connectivity index (χ3v) is 4.93. The van der Waals surface area contributed by atoms with Gasteiger partial charge in [-0.25, -0.2) is 0 Å². The van der Waals surface area contributed by atoms with Crippen LogP contribution in [0.15, 0.2) is 11.4 Å². The first-order chi connectivity index (χ1) is 8.15. The van der Waals surface area contributed by atoms with Crippen molar-refractivity contribution in [1.82, 2.24) is 5.32 Å². The molecule has 1 unspecified atom stereocenters. The first-order valence-electron chi connectivity index (χ1n) is 5.95. The van der Waals surface area contributed by atoms with Gasteiger partial charge >= 0.3 is 5.97 Å². The summed E-state index contributed by atoms with van der Waals surface area (Å²) in [7, 11) is 3.41. The Bertz CT molecular complexity index is 409. The first-order valence-corrected chi connectivity index (χ1v) is 6.83. The predicted molar refractivity (Wildman–Crippen MR) is 69.2 cm³/mol. The summed E-state index contributed by atoms with van der Waals surface area (Å²) in [5.41, 5.74) is 0.906. The van der Waals surface area contributed by atoms with Crippen LogP contribution in [0.4, 0.5) is 0 Å². The van der Waals surface area contributed by atoms with Gasteiger partial charge in [0, 0.05) is 4.88 Å². The molecule has 17 heavy (non-hydrogen) atoms. The van der Waals surface area contributed by atoms with E-state index in [4.69, 9.17) is 4.74 Å². The molecule has 0 amide bonds. The Labute approximate surface area is 106 Å². The minimum Gasteiger partial charge on any atom is -0.469 e. The van der Waals surface area contributed by atoms with Crippen LogP contribution < -0.4 is 5.32 Å². The van der Waals surface area contributed by atoms with Gasteiger partial charge in [-0.15, -0.1) is 11.3 Å². The monoisotopic (exact) mass is 253 g/mol. The number of carbonyl (C=O) groups excluding carboxylic acids is 1. The second-order valence-electron chi connectivity index (χ2n) is 4.69. The molecule has 1 aliphatic carbocycles. The highest BCUT2D eigenvalue weighted by molar-refractivity contribution is 7.10. The highest BCUT2D eigenvalue weighted by atomic mass is 32.1. The molecule has 0 saturated heterocycles. The molecule has 0 radical (unpaired) electrons. The number of hydrogen-bond donors (Lipinski definition) is 1. The molecule has 1 aliphatic rings. The van der Waals surface area contributed by atoms with E-state index in [0.717, 1.165) is 19.3 Å². The molecule has 1 N–H and O–H groups in total. The summed E-state index contributed by atoms with van der Waals surface area (Å²) in [4.78, 5) is 13.3. The first kappa shape index (κ1) is 12.6. The Morgan fingerprint density at radius 2 is 2.29 bits per heavy atom. The fourth-order valence-corrected chi connectivity index (χ4v) is 3.86. The molecule has 0 aromatic carbocycles. The van der Waals surface area contributed by atoms with Gasteiger partial charge in [-0.2, -0.15) is 0 Å². The van der Waals surface area contributed by atoms with E-state index in [1.54, 1.807) is 11.3 Å². The molecular weight excluding hydrogens is 234 g/mol. The number of esters is 1. The Morgan fingerprint density at radius 3 is 2.65 bits per heavy atom. The molecule has 3 nitrogen and oxygen atoms in total. The Hall–Kier alpha value is -0.870. The number of thiophene rings is 1. The highest BCUT2D eigenvalue weighted by Gasteiger charge is 2.52. The topological polar surface area (TPSA) is 38.3 Å². The van der Waals surface area contributed by atoms with Crippen LogP contribution in [0.3, 0.4) is 0 Å². The van der Waals surface area contributed by atoms with Crippen LogP contribution in [0.25, 0.3) is 0 Å². The van der Waals surface area contributed by atoms with Crippen molar-refractivity contribution in [1.29, 1.82) is 0 Å². The zero-order valence-corrected chi connectivity index (χ0v) is 11.4. The lowest BCUT2D eigenvalue weighted by molar-refractivity contribution is -0.161. The van der Waals surface area contributed by atoms with Gasteiger partial charge in [0.2, 0.25) is 0 Å². The molecule has 0 spiro atoms. The van der Waals surface area contributed by atoms with Crippen molar-refractivity contribution in [3.8, 4) is 0 Å². The van der Waals surface area contributed by atoms with E-state index in [1.807, 2.05) is 7.05 Å². The summed E-state index contributed by atoms with van der Waals surface area (Å²) in [5, 5.41) is 5.39. The molecule has 94 valence electrons. The van der Waals surface area contributed by atoms with Crippen LogP contribution in [0.1, 0.15) is 35.7 Å². The molecule has 1 heterocycles. The van der Waals surface area contributed by atoms with Crippen molar-refractivity contribution in [2.24, 2.45) is 5.41 Å². The van der Waals surface area contributed by atoms with E-state index < -0.39 is 0 Å². The maximum Gasteiger partial charge on any atom is 0.313 e. The molecular formula is C13H19NO2S. The number of rotatable bonds is 4. The van der Waals surface area contributed by atoms with Gasteiger partial charge in [-0.1, -0.05) is 6.42 Å². The van der Waals surface area contributed by atoms with E-state index in [2.05, 4.69) is 23.7 Å². The SMILES string of the molecule is CNC(c1sccc1C)C1(C(=O)OC)CCC1. The van der Waals surface area contributed by atoms with E-state index in [1.165, 1.54) is 17.6 Å².